The zero-order valence-corrected chi connectivity index (χ0v) is 9.53. The lowest BCUT2D eigenvalue weighted by Crippen LogP contribution is -2.38. The SMILES string of the molecule is O=C1CCC(C2OCC(C=C(F)F)CO2)CC1. The van der Waals surface area contributed by atoms with Gasteiger partial charge in [0.2, 0.25) is 0 Å². The van der Waals surface area contributed by atoms with E-state index in [2.05, 4.69) is 0 Å². The largest absolute Gasteiger partial charge is 0.352 e. The summed E-state index contributed by atoms with van der Waals surface area (Å²) in [5.74, 6) is 0.159. The Morgan fingerprint density at radius 2 is 1.76 bits per heavy atom. The molecule has 0 aromatic carbocycles. The van der Waals surface area contributed by atoms with Crippen molar-refractivity contribution in [1.82, 2.24) is 0 Å². The van der Waals surface area contributed by atoms with E-state index >= 15 is 0 Å². The topological polar surface area (TPSA) is 35.5 Å². The summed E-state index contributed by atoms with van der Waals surface area (Å²) in [5, 5.41) is 0. The second-order valence-electron chi connectivity index (χ2n) is 4.63. The van der Waals surface area contributed by atoms with Gasteiger partial charge in [-0.25, -0.2) is 0 Å². The van der Waals surface area contributed by atoms with Gasteiger partial charge >= 0.3 is 0 Å². The minimum atomic E-state index is -1.69. The van der Waals surface area contributed by atoms with Crippen LogP contribution in [0.2, 0.25) is 0 Å². The van der Waals surface area contributed by atoms with E-state index in [1.54, 1.807) is 0 Å². The van der Waals surface area contributed by atoms with Crippen LogP contribution in [0.5, 0.6) is 0 Å². The fraction of sp³-hybridized carbons (Fsp3) is 0.750. The van der Waals surface area contributed by atoms with Crippen molar-refractivity contribution in [2.24, 2.45) is 11.8 Å². The molecule has 2 rings (SSSR count). The third-order valence-corrected chi connectivity index (χ3v) is 3.28. The summed E-state index contributed by atoms with van der Waals surface area (Å²) >= 11 is 0. The first-order valence-corrected chi connectivity index (χ1v) is 5.93. The Balaban J connectivity index is 1.79. The number of hydrogen-bond acceptors (Lipinski definition) is 3. The van der Waals surface area contributed by atoms with Crippen molar-refractivity contribution in [3.05, 3.63) is 12.2 Å². The molecule has 5 heteroatoms. The lowest BCUT2D eigenvalue weighted by Gasteiger charge is -2.34. The van der Waals surface area contributed by atoms with Gasteiger partial charge < -0.3 is 9.47 Å². The standard InChI is InChI=1S/C12H16F2O3/c13-11(14)5-8-6-16-12(17-7-8)9-1-3-10(15)4-2-9/h5,8-9,12H,1-4,6-7H2. The van der Waals surface area contributed by atoms with E-state index < -0.39 is 6.08 Å². The predicted molar refractivity (Wildman–Crippen MR) is 56.4 cm³/mol. The van der Waals surface area contributed by atoms with Crippen LogP contribution in [-0.2, 0) is 14.3 Å². The molecule has 17 heavy (non-hydrogen) atoms. The number of hydrogen-bond donors (Lipinski definition) is 0. The third-order valence-electron chi connectivity index (χ3n) is 3.28. The molecule has 0 aromatic rings. The average Bonchev–Trinajstić information content (AvgIpc) is 2.30. The van der Waals surface area contributed by atoms with E-state index in [-0.39, 0.29) is 37.1 Å². The Morgan fingerprint density at radius 1 is 1.18 bits per heavy atom. The number of ether oxygens (including phenoxy) is 2. The van der Waals surface area contributed by atoms with E-state index in [1.807, 2.05) is 0 Å². The Bertz CT molecular complexity index is 295. The van der Waals surface area contributed by atoms with Gasteiger partial charge in [-0.05, 0) is 18.9 Å². The maximum atomic E-state index is 12.0. The van der Waals surface area contributed by atoms with Crippen LogP contribution in [-0.4, -0.2) is 25.3 Å². The zero-order chi connectivity index (χ0) is 12.3. The molecule has 0 aromatic heterocycles. The summed E-state index contributed by atoms with van der Waals surface area (Å²) in [7, 11) is 0. The zero-order valence-electron chi connectivity index (χ0n) is 9.53. The average molecular weight is 246 g/mol. The van der Waals surface area contributed by atoms with Crippen molar-refractivity contribution in [3.8, 4) is 0 Å². The highest BCUT2D eigenvalue weighted by atomic mass is 19.3. The van der Waals surface area contributed by atoms with Crippen LogP contribution >= 0.6 is 0 Å². The fourth-order valence-electron chi connectivity index (χ4n) is 2.31. The Morgan fingerprint density at radius 3 is 2.29 bits per heavy atom. The maximum Gasteiger partial charge on any atom is 0.266 e. The van der Waals surface area contributed by atoms with E-state index in [4.69, 9.17) is 9.47 Å². The molecule has 96 valence electrons. The minimum Gasteiger partial charge on any atom is -0.352 e. The molecule has 3 nitrogen and oxygen atoms in total. The molecular formula is C12H16F2O3. The number of carbonyl (C=O) groups is 1. The van der Waals surface area contributed by atoms with Crippen LogP contribution in [0.3, 0.4) is 0 Å². The molecular weight excluding hydrogens is 230 g/mol. The summed E-state index contributed by atoms with van der Waals surface area (Å²) in [6.07, 6.45) is 1.58. The van der Waals surface area contributed by atoms with Gasteiger partial charge in [0.15, 0.2) is 6.29 Å². The molecule has 1 aliphatic carbocycles. The van der Waals surface area contributed by atoms with E-state index in [1.165, 1.54) is 0 Å². The Hall–Kier alpha value is -0.810. The summed E-state index contributed by atoms with van der Waals surface area (Å²) < 4.78 is 35.0. The third kappa shape index (κ3) is 3.57. The van der Waals surface area contributed by atoms with Gasteiger partial charge in [-0.15, -0.1) is 0 Å². The first-order valence-electron chi connectivity index (χ1n) is 5.93. The molecule has 1 saturated carbocycles. The highest BCUT2D eigenvalue weighted by Gasteiger charge is 2.31. The Labute approximate surface area is 98.8 Å². The predicted octanol–water partition coefficient (Wildman–Crippen LogP) is 2.52. The Kier molecular flexibility index (Phi) is 4.23. The van der Waals surface area contributed by atoms with Crippen molar-refractivity contribution in [3.63, 3.8) is 0 Å². The van der Waals surface area contributed by atoms with Crippen molar-refractivity contribution in [2.45, 2.75) is 32.0 Å². The number of rotatable bonds is 2. The molecule has 0 bridgehead atoms. The first kappa shape index (κ1) is 12.6. The van der Waals surface area contributed by atoms with Gasteiger partial charge in [-0.1, -0.05) is 0 Å². The van der Waals surface area contributed by atoms with Crippen molar-refractivity contribution in [2.75, 3.05) is 13.2 Å². The molecule has 0 unspecified atom stereocenters. The van der Waals surface area contributed by atoms with Crippen molar-refractivity contribution >= 4 is 5.78 Å². The lowest BCUT2D eigenvalue weighted by molar-refractivity contribution is -0.221. The number of carbonyl (C=O) groups excluding carboxylic acids is 1. The van der Waals surface area contributed by atoms with Crippen LogP contribution in [0.15, 0.2) is 12.2 Å². The van der Waals surface area contributed by atoms with Crippen LogP contribution < -0.4 is 0 Å². The van der Waals surface area contributed by atoms with E-state index in [0.717, 1.165) is 18.9 Å². The fourth-order valence-corrected chi connectivity index (χ4v) is 2.31. The molecule has 0 amide bonds. The number of Topliss-reactive ketones (excluding diaryl/α,β-unsaturated/α-hetero) is 1. The first-order chi connectivity index (χ1) is 8.15. The quantitative estimate of drug-likeness (QED) is 0.751. The second kappa shape index (κ2) is 5.69. The van der Waals surface area contributed by atoms with Crippen LogP contribution in [0, 0.1) is 11.8 Å². The molecule has 0 N–H and O–H groups in total. The molecule has 0 radical (unpaired) electrons. The summed E-state index contributed by atoms with van der Waals surface area (Å²) in [6, 6.07) is 0. The van der Waals surface area contributed by atoms with Gasteiger partial charge in [-0.3, -0.25) is 4.79 Å². The minimum absolute atomic E-state index is 0.229. The summed E-state index contributed by atoms with van der Waals surface area (Å²) in [5.41, 5.74) is 0. The molecule has 0 atom stereocenters. The highest BCUT2D eigenvalue weighted by molar-refractivity contribution is 5.79. The van der Waals surface area contributed by atoms with Crippen molar-refractivity contribution in [1.29, 1.82) is 0 Å². The van der Waals surface area contributed by atoms with E-state index in [9.17, 15) is 13.6 Å². The normalized spacial score (nSPS) is 31.3. The molecule has 2 aliphatic rings. The molecule has 2 fully saturated rings. The van der Waals surface area contributed by atoms with Crippen LogP contribution in [0.1, 0.15) is 25.7 Å². The second-order valence-corrected chi connectivity index (χ2v) is 4.63. The van der Waals surface area contributed by atoms with Crippen LogP contribution in [0.4, 0.5) is 8.78 Å². The highest BCUT2D eigenvalue weighted by Crippen LogP contribution is 2.29. The summed E-state index contributed by atoms with van der Waals surface area (Å²) in [6.45, 7) is 0.541. The lowest BCUT2D eigenvalue weighted by atomic mass is 9.87. The number of halogens is 2. The molecule has 1 heterocycles. The summed E-state index contributed by atoms with van der Waals surface area (Å²) in [4.78, 5) is 11.1. The molecule has 1 saturated heterocycles. The number of ketones is 1. The van der Waals surface area contributed by atoms with Gasteiger partial charge in [0.05, 0.1) is 13.2 Å². The van der Waals surface area contributed by atoms with Gasteiger partial charge in [-0.2, -0.15) is 8.78 Å². The van der Waals surface area contributed by atoms with E-state index in [0.29, 0.717) is 12.8 Å². The monoisotopic (exact) mass is 246 g/mol. The van der Waals surface area contributed by atoms with Crippen LogP contribution in [0.25, 0.3) is 0 Å². The van der Waals surface area contributed by atoms with Gasteiger partial charge in [0.25, 0.3) is 6.08 Å². The molecule has 1 aliphatic heterocycles. The van der Waals surface area contributed by atoms with Gasteiger partial charge in [0.1, 0.15) is 5.78 Å². The maximum absolute atomic E-state index is 12.0. The molecule has 0 spiro atoms. The smallest absolute Gasteiger partial charge is 0.266 e. The van der Waals surface area contributed by atoms with Crippen molar-refractivity contribution < 1.29 is 23.0 Å². The van der Waals surface area contributed by atoms with Gasteiger partial charge in [0, 0.05) is 24.7 Å².